The third-order valence-electron chi connectivity index (χ3n) is 4.92. The van der Waals surface area contributed by atoms with E-state index in [1.165, 1.54) is 11.1 Å². The number of hydrogen-bond donors (Lipinski definition) is 0. The molecule has 4 rings (SSSR count). The molecular formula is C25H22ClNO2. The number of nitrogens with zero attached hydrogens (tertiary/aromatic N) is 1. The molecule has 3 nitrogen and oxygen atoms in total. The van der Waals surface area contributed by atoms with Gasteiger partial charge in [-0.3, -0.25) is 0 Å². The summed E-state index contributed by atoms with van der Waals surface area (Å²) in [5.74, 6) is 0.817. The molecule has 1 aromatic heterocycles. The van der Waals surface area contributed by atoms with Crippen LogP contribution in [0.5, 0.6) is 0 Å². The largest absolute Gasteiger partial charge is 0.376 e. The number of rotatable bonds is 7. The predicted molar refractivity (Wildman–Crippen MR) is 117 cm³/mol. The summed E-state index contributed by atoms with van der Waals surface area (Å²) in [4.78, 5) is 0. The number of halogens is 1. The van der Waals surface area contributed by atoms with Crippen molar-refractivity contribution in [1.29, 1.82) is 0 Å². The number of ether oxygens (including phenoxy) is 1. The maximum Gasteiger partial charge on any atom is 0.170 e. The highest BCUT2D eigenvalue weighted by molar-refractivity contribution is 6.30. The van der Waals surface area contributed by atoms with Crippen LogP contribution in [0.1, 0.15) is 16.8 Å². The van der Waals surface area contributed by atoms with Gasteiger partial charge in [-0.05, 0) is 35.7 Å². The van der Waals surface area contributed by atoms with Crippen molar-refractivity contribution in [1.82, 2.24) is 5.16 Å². The Morgan fingerprint density at radius 3 is 2.21 bits per heavy atom. The smallest absolute Gasteiger partial charge is 0.170 e. The lowest BCUT2D eigenvalue weighted by atomic mass is 10.0. The van der Waals surface area contributed by atoms with Crippen molar-refractivity contribution in [2.75, 3.05) is 6.61 Å². The van der Waals surface area contributed by atoms with Crippen LogP contribution >= 0.6 is 11.6 Å². The summed E-state index contributed by atoms with van der Waals surface area (Å²) in [7, 11) is 0. The van der Waals surface area contributed by atoms with Crippen LogP contribution in [0.2, 0.25) is 5.02 Å². The first-order chi connectivity index (χ1) is 14.2. The SMILES string of the molecule is Cc1noc(-c2ccc(-c3ccccc3)cc2)c1CCOCc1ccc(Cl)cc1. The number of hydrogen-bond acceptors (Lipinski definition) is 3. The number of aryl methyl sites for hydroxylation is 1. The molecule has 0 saturated carbocycles. The van der Waals surface area contributed by atoms with E-state index in [4.69, 9.17) is 20.9 Å². The lowest BCUT2D eigenvalue weighted by Crippen LogP contribution is -2.00. The van der Waals surface area contributed by atoms with Gasteiger partial charge in [-0.2, -0.15) is 0 Å². The van der Waals surface area contributed by atoms with E-state index >= 15 is 0 Å². The van der Waals surface area contributed by atoms with Crippen LogP contribution < -0.4 is 0 Å². The topological polar surface area (TPSA) is 35.3 Å². The Labute approximate surface area is 175 Å². The van der Waals surface area contributed by atoms with E-state index in [1.807, 2.05) is 49.4 Å². The van der Waals surface area contributed by atoms with Crippen molar-refractivity contribution in [2.45, 2.75) is 20.0 Å². The Kier molecular flexibility index (Phi) is 6.09. The Morgan fingerprint density at radius 2 is 1.48 bits per heavy atom. The standard InChI is InChI=1S/C25H22ClNO2/c1-18-24(15-16-28-17-19-7-13-23(26)14-8-19)25(29-27-18)22-11-9-21(10-12-22)20-5-3-2-4-6-20/h2-14H,15-17H2,1H3. The van der Waals surface area contributed by atoms with Crippen molar-refractivity contribution >= 4 is 11.6 Å². The monoisotopic (exact) mass is 403 g/mol. The molecule has 0 aliphatic rings. The molecule has 3 aromatic carbocycles. The summed E-state index contributed by atoms with van der Waals surface area (Å²) in [5.41, 5.74) is 6.50. The third-order valence-corrected chi connectivity index (χ3v) is 5.17. The summed E-state index contributed by atoms with van der Waals surface area (Å²) in [5, 5.41) is 4.91. The molecule has 0 N–H and O–H groups in total. The molecule has 29 heavy (non-hydrogen) atoms. The van der Waals surface area contributed by atoms with Gasteiger partial charge in [0.1, 0.15) is 0 Å². The second-order valence-electron chi connectivity index (χ2n) is 6.95. The summed E-state index contributed by atoms with van der Waals surface area (Å²) in [6.45, 7) is 3.13. The molecule has 0 amide bonds. The Balaban J connectivity index is 1.42. The van der Waals surface area contributed by atoms with E-state index in [9.17, 15) is 0 Å². The number of benzene rings is 3. The minimum Gasteiger partial charge on any atom is -0.376 e. The molecule has 0 spiro atoms. The van der Waals surface area contributed by atoms with Crippen LogP contribution in [-0.4, -0.2) is 11.8 Å². The average molecular weight is 404 g/mol. The molecule has 0 bridgehead atoms. The van der Waals surface area contributed by atoms with Crippen molar-refractivity contribution in [3.63, 3.8) is 0 Å². The molecule has 4 heteroatoms. The minimum atomic E-state index is 0.558. The van der Waals surface area contributed by atoms with Gasteiger partial charge in [0.2, 0.25) is 0 Å². The number of aromatic nitrogens is 1. The zero-order chi connectivity index (χ0) is 20.1. The van der Waals surface area contributed by atoms with Crippen LogP contribution in [0.25, 0.3) is 22.5 Å². The van der Waals surface area contributed by atoms with Crippen molar-refractivity contribution < 1.29 is 9.26 Å². The van der Waals surface area contributed by atoms with Gasteiger partial charge in [0, 0.05) is 22.6 Å². The fourth-order valence-electron chi connectivity index (χ4n) is 3.30. The molecule has 0 radical (unpaired) electrons. The Morgan fingerprint density at radius 1 is 0.828 bits per heavy atom. The van der Waals surface area contributed by atoms with Gasteiger partial charge in [-0.15, -0.1) is 0 Å². The maximum atomic E-state index is 5.92. The molecule has 0 fully saturated rings. The van der Waals surface area contributed by atoms with Crippen molar-refractivity contribution in [3.8, 4) is 22.5 Å². The first-order valence-electron chi connectivity index (χ1n) is 9.64. The highest BCUT2D eigenvalue weighted by Gasteiger charge is 2.15. The molecule has 0 aliphatic carbocycles. The van der Waals surface area contributed by atoms with Gasteiger partial charge in [-0.25, -0.2) is 0 Å². The fourth-order valence-corrected chi connectivity index (χ4v) is 3.43. The Hall–Kier alpha value is -2.88. The van der Waals surface area contributed by atoms with E-state index in [1.54, 1.807) is 0 Å². The van der Waals surface area contributed by atoms with Crippen molar-refractivity contribution in [3.05, 3.63) is 101 Å². The zero-order valence-electron chi connectivity index (χ0n) is 16.3. The van der Waals surface area contributed by atoms with Gasteiger partial charge >= 0.3 is 0 Å². The summed E-state index contributed by atoms with van der Waals surface area (Å²) >= 11 is 5.92. The van der Waals surface area contributed by atoms with Crippen LogP contribution in [0.4, 0.5) is 0 Å². The van der Waals surface area contributed by atoms with Gasteiger partial charge in [-0.1, -0.05) is 83.5 Å². The lowest BCUT2D eigenvalue weighted by Gasteiger charge is -2.07. The van der Waals surface area contributed by atoms with Crippen LogP contribution in [0.3, 0.4) is 0 Å². The molecule has 0 saturated heterocycles. The third kappa shape index (κ3) is 4.76. The van der Waals surface area contributed by atoms with Crippen LogP contribution in [0.15, 0.2) is 83.4 Å². The second-order valence-corrected chi connectivity index (χ2v) is 7.38. The highest BCUT2D eigenvalue weighted by Crippen LogP contribution is 2.29. The zero-order valence-corrected chi connectivity index (χ0v) is 17.0. The van der Waals surface area contributed by atoms with Crippen LogP contribution in [0, 0.1) is 6.92 Å². The first-order valence-corrected chi connectivity index (χ1v) is 10.0. The fraction of sp³-hybridized carbons (Fsp3) is 0.160. The van der Waals surface area contributed by atoms with Gasteiger partial charge in [0.15, 0.2) is 5.76 Å². The lowest BCUT2D eigenvalue weighted by molar-refractivity contribution is 0.124. The molecular weight excluding hydrogens is 382 g/mol. The molecule has 0 unspecified atom stereocenters. The van der Waals surface area contributed by atoms with Gasteiger partial charge in [0.05, 0.1) is 18.9 Å². The van der Waals surface area contributed by atoms with Gasteiger partial charge < -0.3 is 9.26 Å². The minimum absolute atomic E-state index is 0.558. The van der Waals surface area contributed by atoms with Gasteiger partial charge in [0.25, 0.3) is 0 Å². The van der Waals surface area contributed by atoms with E-state index in [-0.39, 0.29) is 0 Å². The predicted octanol–water partition coefficient (Wildman–Crippen LogP) is 6.73. The van der Waals surface area contributed by atoms with E-state index < -0.39 is 0 Å². The van der Waals surface area contributed by atoms with E-state index in [2.05, 4.69) is 41.6 Å². The molecule has 0 atom stereocenters. The van der Waals surface area contributed by atoms with E-state index in [0.29, 0.717) is 13.2 Å². The average Bonchev–Trinajstić information content (AvgIpc) is 3.13. The van der Waals surface area contributed by atoms with E-state index in [0.717, 1.165) is 39.6 Å². The summed E-state index contributed by atoms with van der Waals surface area (Å²) in [6, 6.07) is 26.4. The molecule has 4 aromatic rings. The quantitative estimate of drug-likeness (QED) is 0.321. The van der Waals surface area contributed by atoms with Crippen molar-refractivity contribution in [2.24, 2.45) is 0 Å². The molecule has 1 heterocycles. The molecule has 146 valence electrons. The maximum absolute atomic E-state index is 5.92. The van der Waals surface area contributed by atoms with Crippen LogP contribution in [-0.2, 0) is 17.8 Å². The molecule has 0 aliphatic heterocycles. The highest BCUT2D eigenvalue weighted by atomic mass is 35.5. The first kappa shape index (κ1) is 19.4. The summed E-state index contributed by atoms with van der Waals surface area (Å²) in [6.07, 6.45) is 0.749. The Bertz CT molecular complexity index is 1050. The second kappa shape index (κ2) is 9.08. The normalized spacial score (nSPS) is 11.0. The summed E-state index contributed by atoms with van der Waals surface area (Å²) < 4.78 is 11.5.